The predicted octanol–water partition coefficient (Wildman–Crippen LogP) is 1.28. The molecule has 0 amide bonds. The Morgan fingerprint density at radius 3 is 3.06 bits per heavy atom. The molecule has 1 aromatic heterocycles. The summed E-state index contributed by atoms with van der Waals surface area (Å²) in [6, 6.07) is 0.361. The lowest BCUT2D eigenvalue weighted by atomic mass is 9.95. The van der Waals surface area contributed by atoms with Crippen LogP contribution in [0.3, 0.4) is 0 Å². The number of hydrogen-bond donors (Lipinski definition) is 0. The third-order valence-corrected chi connectivity index (χ3v) is 3.78. The van der Waals surface area contributed by atoms with Gasteiger partial charge in [-0.2, -0.15) is 0 Å². The fourth-order valence-corrected chi connectivity index (χ4v) is 2.93. The molecule has 0 saturated carbocycles. The molecule has 1 aromatic rings. The average Bonchev–Trinajstić information content (AvgIpc) is 2.37. The van der Waals surface area contributed by atoms with E-state index in [4.69, 9.17) is 4.74 Å². The van der Waals surface area contributed by atoms with Crippen molar-refractivity contribution in [3.63, 3.8) is 0 Å². The summed E-state index contributed by atoms with van der Waals surface area (Å²) in [5.74, 6) is 0.896. The molecule has 3 heterocycles. The molecular formula is C13H19N3O. The summed E-state index contributed by atoms with van der Waals surface area (Å²) in [6.07, 6.45) is 2.09. The van der Waals surface area contributed by atoms with Crippen LogP contribution in [0, 0.1) is 6.92 Å². The molecule has 17 heavy (non-hydrogen) atoms. The van der Waals surface area contributed by atoms with Gasteiger partial charge in [-0.3, -0.25) is 4.90 Å². The minimum Gasteiger partial charge on any atom is -0.378 e. The monoisotopic (exact) mass is 233 g/mol. The fourth-order valence-electron chi connectivity index (χ4n) is 2.93. The highest BCUT2D eigenvalue weighted by Gasteiger charge is 2.32. The molecule has 1 fully saturated rings. The zero-order valence-electron chi connectivity index (χ0n) is 10.6. The quantitative estimate of drug-likeness (QED) is 0.732. The van der Waals surface area contributed by atoms with Crippen LogP contribution in [0.4, 0.5) is 0 Å². The maximum absolute atomic E-state index is 5.61. The Kier molecular flexibility index (Phi) is 2.84. The largest absolute Gasteiger partial charge is 0.378 e. The smallest absolute Gasteiger partial charge is 0.125 e. The third kappa shape index (κ3) is 1.85. The van der Waals surface area contributed by atoms with Crippen LogP contribution in [-0.2, 0) is 17.6 Å². The number of aryl methyl sites for hydroxylation is 2. The highest BCUT2D eigenvalue weighted by molar-refractivity contribution is 5.31. The van der Waals surface area contributed by atoms with Crippen LogP contribution in [-0.4, -0.2) is 41.2 Å². The lowest BCUT2D eigenvalue weighted by molar-refractivity contribution is -0.0149. The Labute approximate surface area is 102 Å². The second-order valence-electron chi connectivity index (χ2n) is 4.81. The Hall–Kier alpha value is -1.00. The lowest BCUT2D eigenvalue weighted by Crippen LogP contribution is -2.44. The topological polar surface area (TPSA) is 38.2 Å². The highest BCUT2D eigenvalue weighted by Crippen LogP contribution is 2.31. The highest BCUT2D eigenvalue weighted by atomic mass is 16.5. The van der Waals surface area contributed by atoms with E-state index < -0.39 is 0 Å². The van der Waals surface area contributed by atoms with E-state index >= 15 is 0 Å². The van der Waals surface area contributed by atoms with E-state index in [2.05, 4.69) is 21.8 Å². The number of morpholine rings is 1. The van der Waals surface area contributed by atoms with E-state index in [0.717, 1.165) is 45.0 Å². The van der Waals surface area contributed by atoms with Gasteiger partial charge in [0, 0.05) is 18.8 Å². The third-order valence-electron chi connectivity index (χ3n) is 3.78. The Morgan fingerprint density at radius 2 is 2.24 bits per heavy atom. The number of rotatable bonds is 1. The van der Waals surface area contributed by atoms with Gasteiger partial charge in [-0.15, -0.1) is 0 Å². The van der Waals surface area contributed by atoms with Gasteiger partial charge in [-0.05, 0) is 25.3 Å². The summed E-state index contributed by atoms with van der Waals surface area (Å²) >= 11 is 0. The molecule has 0 aromatic carbocycles. The van der Waals surface area contributed by atoms with Crippen molar-refractivity contribution in [1.29, 1.82) is 0 Å². The first-order valence-electron chi connectivity index (χ1n) is 6.47. The number of fused-ring (bicyclic) bond motifs is 3. The fraction of sp³-hybridized carbons (Fsp3) is 0.692. The van der Waals surface area contributed by atoms with Crippen LogP contribution in [0.2, 0.25) is 0 Å². The number of aromatic nitrogens is 2. The number of ether oxygens (including phenoxy) is 1. The molecule has 4 nitrogen and oxygen atoms in total. The van der Waals surface area contributed by atoms with E-state index in [1.54, 1.807) is 0 Å². The minimum atomic E-state index is 0.361. The van der Waals surface area contributed by atoms with Gasteiger partial charge in [0.05, 0.1) is 24.9 Å². The van der Waals surface area contributed by atoms with Crippen LogP contribution in [0.15, 0.2) is 0 Å². The maximum Gasteiger partial charge on any atom is 0.125 e. The molecule has 1 unspecified atom stereocenters. The zero-order valence-corrected chi connectivity index (χ0v) is 10.6. The first-order valence-corrected chi connectivity index (χ1v) is 6.47. The average molecular weight is 233 g/mol. The summed E-state index contributed by atoms with van der Waals surface area (Å²) in [5, 5.41) is 0. The van der Waals surface area contributed by atoms with Crippen molar-refractivity contribution >= 4 is 0 Å². The predicted molar refractivity (Wildman–Crippen MR) is 65.0 cm³/mol. The number of hydrogen-bond acceptors (Lipinski definition) is 4. The standard InChI is InChI=1S/C13H19N3O/c1-3-11-10-4-5-16-6-7-17-8-12(16)13(10)15-9(2)14-11/h12H,3-8H2,1-2H3. The molecule has 3 rings (SSSR count). The van der Waals surface area contributed by atoms with Crippen molar-refractivity contribution in [2.45, 2.75) is 32.7 Å². The van der Waals surface area contributed by atoms with E-state index in [9.17, 15) is 0 Å². The van der Waals surface area contributed by atoms with Gasteiger partial charge in [0.1, 0.15) is 5.82 Å². The van der Waals surface area contributed by atoms with Gasteiger partial charge >= 0.3 is 0 Å². The molecule has 92 valence electrons. The summed E-state index contributed by atoms with van der Waals surface area (Å²) in [4.78, 5) is 11.7. The van der Waals surface area contributed by atoms with Crippen LogP contribution >= 0.6 is 0 Å². The SMILES string of the molecule is CCc1nc(C)nc2c1CCN1CCOCC21. The van der Waals surface area contributed by atoms with Gasteiger partial charge in [0.2, 0.25) is 0 Å². The Bertz CT molecular complexity index is 433. The minimum absolute atomic E-state index is 0.361. The van der Waals surface area contributed by atoms with E-state index in [1.807, 2.05) is 6.92 Å². The summed E-state index contributed by atoms with van der Waals surface area (Å²) < 4.78 is 5.61. The van der Waals surface area contributed by atoms with Gasteiger partial charge in [-0.1, -0.05) is 6.92 Å². The van der Waals surface area contributed by atoms with Crippen molar-refractivity contribution in [2.75, 3.05) is 26.3 Å². The first-order chi connectivity index (χ1) is 8.29. The molecule has 0 bridgehead atoms. The number of nitrogens with zero attached hydrogens (tertiary/aromatic N) is 3. The van der Waals surface area contributed by atoms with E-state index in [-0.39, 0.29) is 0 Å². The second kappa shape index (κ2) is 4.35. The molecule has 0 N–H and O–H groups in total. The van der Waals surface area contributed by atoms with Gasteiger partial charge < -0.3 is 4.74 Å². The van der Waals surface area contributed by atoms with Gasteiger partial charge in [0.25, 0.3) is 0 Å². The molecule has 0 spiro atoms. The molecule has 2 aliphatic rings. The van der Waals surface area contributed by atoms with Crippen LogP contribution in [0.25, 0.3) is 0 Å². The van der Waals surface area contributed by atoms with Crippen molar-refractivity contribution in [3.8, 4) is 0 Å². The van der Waals surface area contributed by atoms with Gasteiger partial charge in [0.15, 0.2) is 0 Å². The maximum atomic E-state index is 5.61. The first kappa shape index (κ1) is 11.1. The normalized spacial score (nSPS) is 24.2. The molecule has 0 aliphatic carbocycles. The Morgan fingerprint density at radius 1 is 1.35 bits per heavy atom. The molecule has 4 heteroatoms. The molecule has 0 radical (unpaired) electrons. The summed E-state index contributed by atoms with van der Waals surface area (Å²) in [5.41, 5.74) is 3.84. The van der Waals surface area contributed by atoms with Crippen molar-refractivity contribution in [3.05, 3.63) is 22.8 Å². The lowest BCUT2D eigenvalue weighted by Gasteiger charge is -2.39. The van der Waals surface area contributed by atoms with Gasteiger partial charge in [-0.25, -0.2) is 9.97 Å². The molecule has 1 saturated heterocycles. The van der Waals surface area contributed by atoms with Crippen LogP contribution in [0.5, 0.6) is 0 Å². The van der Waals surface area contributed by atoms with Crippen LogP contribution < -0.4 is 0 Å². The molecule has 1 atom stereocenters. The van der Waals surface area contributed by atoms with Crippen molar-refractivity contribution in [2.24, 2.45) is 0 Å². The van der Waals surface area contributed by atoms with Crippen molar-refractivity contribution < 1.29 is 4.74 Å². The van der Waals surface area contributed by atoms with Crippen molar-refractivity contribution in [1.82, 2.24) is 14.9 Å². The second-order valence-corrected chi connectivity index (χ2v) is 4.81. The Balaban J connectivity index is 2.06. The van der Waals surface area contributed by atoms with E-state index in [1.165, 1.54) is 17.0 Å². The summed E-state index contributed by atoms with van der Waals surface area (Å²) in [7, 11) is 0. The van der Waals surface area contributed by atoms with E-state index in [0.29, 0.717) is 6.04 Å². The van der Waals surface area contributed by atoms with Crippen LogP contribution in [0.1, 0.15) is 35.7 Å². The zero-order chi connectivity index (χ0) is 11.8. The summed E-state index contributed by atoms with van der Waals surface area (Å²) in [6.45, 7) is 7.96. The molecular weight excluding hydrogens is 214 g/mol. The molecule has 2 aliphatic heterocycles.